The molecule has 1 aliphatic heterocycles. The molecule has 20 heavy (non-hydrogen) atoms. The van der Waals surface area contributed by atoms with Gasteiger partial charge in [-0.25, -0.2) is 0 Å². The predicted octanol–water partition coefficient (Wildman–Crippen LogP) is 1.68. The van der Waals surface area contributed by atoms with E-state index in [0.717, 1.165) is 6.54 Å². The van der Waals surface area contributed by atoms with Crippen molar-refractivity contribution >= 4 is 5.78 Å². The quantitative estimate of drug-likeness (QED) is 0.802. The van der Waals surface area contributed by atoms with E-state index in [1.54, 1.807) is 18.5 Å². The van der Waals surface area contributed by atoms with Crippen molar-refractivity contribution < 1.29 is 14.3 Å². The standard InChI is InChI=1S/C15H22N2O3/c1-4-17-14-9-19-8-13(14)15(18)11-5-12(7-16-6-11)20-10(2)3/h5-7,10,13-14,17H,4,8-9H2,1-3H3. The lowest BCUT2D eigenvalue weighted by Crippen LogP contribution is -2.39. The highest BCUT2D eigenvalue weighted by Crippen LogP contribution is 2.21. The van der Waals surface area contributed by atoms with Gasteiger partial charge in [-0.1, -0.05) is 6.92 Å². The van der Waals surface area contributed by atoms with E-state index in [9.17, 15) is 4.79 Å². The lowest BCUT2D eigenvalue weighted by Gasteiger charge is -2.17. The van der Waals surface area contributed by atoms with Crippen LogP contribution in [0.1, 0.15) is 31.1 Å². The number of pyridine rings is 1. The van der Waals surface area contributed by atoms with Crippen molar-refractivity contribution in [3.8, 4) is 5.75 Å². The van der Waals surface area contributed by atoms with Gasteiger partial charge in [-0.05, 0) is 26.5 Å². The van der Waals surface area contributed by atoms with E-state index >= 15 is 0 Å². The van der Waals surface area contributed by atoms with Gasteiger partial charge in [0.2, 0.25) is 0 Å². The average Bonchev–Trinajstić information content (AvgIpc) is 2.86. The number of hydrogen-bond acceptors (Lipinski definition) is 5. The van der Waals surface area contributed by atoms with E-state index in [0.29, 0.717) is 24.5 Å². The Hall–Kier alpha value is -1.46. The van der Waals surface area contributed by atoms with E-state index in [1.165, 1.54) is 0 Å². The van der Waals surface area contributed by atoms with Crippen molar-refractivity contribution in [2.24, 2.45) is 5.92 Å². The molecule has 2 rings (SSSR count). The Bertz CT molecular complexity index is 462. The van der Waals surface area contributed by atoms with Crippen LogP contribution in [0.3, 0.4) is 0 Å². The molecule has 0 bridgehead atoms. The van der Waals surface area contributed by atoms with E-state index in [2.05, 4.69) is 10.3 Å². The first-order valence-electron chi connectivity index (χ1n) is 7.08. The molecule has 0 radical (unpaired) electrons. The van der Waals surface area contributed by atoms with Crippen LogP contribution in [0.15, 0.2) is 18.5 Å². The molecule has 2 heterocycles. The van der Waals surface area contributed by atoms with Gasteiger partial charge in [-0.3, -0.25) is 9.78 Å². The average molecular weight is 278 g/mol. The van der Waals surface area contributed by atoms with Crippen molar-refractivity contribution in [2.75, 3.05) is 19.8 Å². The molecule has 110 valence electrons. The molecule has 1 fully saturated rings. The van der Waals surface area contributed by atoms with Gasteiger partial charge in [-0.15, -0.1) is 0 Å². The monoisotopic (exact) mass is 278 g/mol. The molecule has 1 saturated heterocycles. The number of likely N-dealkylation sites (N-methyl/N-ethyl adjacent to an activating group) is 1. The summed E-state index contributed by atoms with van der Waals surface area (Å²) in [7, 11) is 0. The molecule has 1 N–H and O–H groups in total. The fourth-order valence-corrected chi connectivity index (χ4v) is 2.38. The summed E-state index contributed by atoms with van der Waals surface area (Å²) in [5, 5.41) is 3.29. The molecule has 0 aliphatic carbocycles. The molecule has 5 nitrogen and oxygen atoms in total. The maximum atomic E-state index is 12.6. The van der Waals surface area contributed by atoms with Crippen LogP contribution in [0.5, 0.6) is 5.75 Å². The minimum Gasteiger partial charge on any atom is -0.489 e. The van der Waals surface area contributed by atoms with Crippen LogP contribution in [0.25, 0.3) is 0 Å². The number of hydrogen-bond donors (Lipinski definition) is 1. The summed E-state index contributed by atoms with van der Waals surface area (Å²) < 4.78 is 11.0. The van der Waals surface area contributed by atoms with Crippen LogP contribution in [-0.4, -0.2) is 42.7 Å². The van der Waals surface area contributed by atoms with Crippen LogP contribution in [0.4, 0.5) is 0 Å². The molecule has 1 aromatic rings. The molecule has 5 heteroatoms. The number of rotatable bonds is 6. The van der Waals surface area contributed by atoms with Crippen LogP contribution >= 0.6 is 0 Å². The van der Waals surface area contributed by atoms with Crippen LogP contribution in [-0.2, 0) is 4.74 Å². The first kappa shape index (κ1) is 14.9. The number of nitrogens with one attached hydrogen (secondary N) is 1. The van der Waals surface area contributed by atoms with E-state index in [1.807, 2.05) is 20.8 Å². The number of nitrogens with zero attached hydrogens (tertiary/aromatic N) is 1. The lowest BCUT2D eigenvalue weighted by molar-refractivity contribution is 0.0890. The van der Waals surface area contributed by atoms with Crippen LogP contribution in [0.2, 0.25) is 0 Å². The number of ether oxygens (including phenoxy) is 2. The Morgan fingerprint density at radius 2 is 2.30 bits per heavy atom. The third kappa shape index (κ3) is 3.55. The minimum absolute atomic E-state index is 0.0615. The number of ketones is 1. The molecule has 0 spiro atoms. The van der Waals surface area contributed by atoms with Crippen molar-refractivity contribution in [1.29, 1.82) is 0 Å². The van der Waals surface area contributed by atoms with Gasteiger partial charge in [-0.2, -0.15) is 0 Å². The number of aromatic nitrogens is 1. The molecule has 0 aromatic carbocycles. The normalized spacial score (nSPS) is 22.2. The van der Waals surface area contributed by atoms with Gasteiger partial charge in [0.05, 0.1) is 31.4 Å². The minimum atomic E-state index is -0.147. The maximum Gasteiger partial charge on any atom is 0.171 e. The largest absolute Gasteiger partial charge is 0.489 e. The van der Waals surface area contributed by atoms with Crippen LogP contribution < -0.4 is 10.1 Å². The summed E-state index contributed by atoms with van der Waals surface area (Å²) in [6, 6.07) is 1.85. The summed E-state index contributed by atoms with van der Waals surface area (Å²) in [5.41, 5.74) is 0.585. The van der Waals surface area contributed by atoms with Gasteiger partial charge in [0.25, 0.3) is 0 Å². The maximum absolute atomic E-state index is 12.6. The van der Waals surface area contributed by atoms with E-state index < -0.39 is 0 Å². The second kappa shape index (κ2) is 6.81. The molecular weight excluding hydrogens is 256 g/mol. The highest BCUT2D eigenvalue weighted by atomic mass is 16.5. The summed E-state index contributed by atoms with van der Waals surface area (Å²) >= 11 is 0. The summed E-state index contributed by atoms with van der Waals surface area (Å²) in [4.78, 5) is 16.6. The molecule has 2 atom stereocenters. The summed E-state index contributed by atoms with van der Waals surface area (Å²) in [6.07, 6.45) is 3.28. The van der Waals surface area contributed by atoms with Gasteiger partial charge < -0.3 is 14.8 Å². The Labute approximate surface area is 119 Å². The van der Waals surface area contributed by atoms with Gasteiger partial charge in [0.15, 0.2) is 5.78 Å². The molecule has 1 aromatic heterocycles. The molecule has 1 aliphatic rings. The SMILES string of the molecule is CCNC1COCC1C(=O)c1cncc(OC(C)C)c1. The lowest BCUT2D eigenvalue weighted by atomic mass is 9.94. The third-order valence-corrected chi connectivity index (χ3v) is 3.25. The highest BCUT2D eigenvalue weighted by molar-refractivity contribution is 5.98. The second-order valence-corrected chi connectivity index (χ2v) is 5.25. The van der Waals surface area contributed by atoms with Crippen molar-refractivity contribution in [1.82, 2.24) is 10.3 Å². The smallest absolute Gasteiger partial charge is 0.171 e. The first-order valence-corrected chi connectivity index (χ1v) is 7.08. The number of carbonyl (C=O) groups is 1. The van der Waals surface area contributed by atoms with Gasteiger partial charge in [0, 0.05) is 17.8 Å². The van der Waals surface area contributed by atoms with E-state index in [-0.39, 0.29) is 23.8 Å². The molecule has 0 saturated carbocycles. The second-order valence-electron chi connectivity index (χ2n) is 5.25. The van der Waals surface area contributed by atoms with Crippen molar-refractivity contribution in [2.45, 2.75) is 32.9 Å². The Balaban J connectivity index is 2.12. The van der Waals surface area contributed by atoms with Crippen molar-refractivity contribution in [3.63, 3.8) is 0 Å². The van der Waals surface area contributed by atoms with Crippen LogP contribution in [0, 0.1) is 5.92 Å². The fraction of sp³-hybridized carbons (Fsp3) is 0.600. The summed E-state index contributed by atoms with van der Waals surface area (Å²) in [5.74, 6) is 0.547. The Morgan fingerprint density at radius 3 is 3.00 bits per heavy atom. The topological polar surface area (TPSA) is 60.5 Å². The zero-order chi connectivity index (χ0) is 14.5. The number of carbonyl (C=O) groups excluding carboxylic acids is 1. The highest BCUT2D eigenvalue weighted by Gasteiger charge is 2.34. The predicted molar refractivity (Wildman–Crippen MR) is 76.1 cm³/mol. The molecule has 0 amide bonds. The number of Topliss-reactive ketones (excluding diaryl/α,β-unsaturated/α-hetero) is 1. The molecular formula is C15H22N2O3. The fourth-order valence-electron chi connectivity index (χ4n) is 2.38. The van der Waals surface area contributed by atoms with Crippen molar-refractivity contribution in [3.05, 3.63) is 24.0 Å². The van der Waals surface area contributed by atoms with E-state index in [4.69, 9.17) is 9.47 Å². The van der Waals surface area contributed by atoms with Gasteiger partial charge >= 0.3 is 0 Å². The third-order valence-electron chi connectivity index (χ3n) is 3.25. The Kier molecular flexibility index (Phi) is 5.09. The zero-order valence-corrected chi connectivity index (χ0v) is 12.3. The Morgan fingerprint density at radius 1 is 1.50 bits per heavy atom. The summed E-state index contributed by atoms with van der Waals surface area (Å²) in [6.45, 7) is 7.79. The van der Waals surface area contributed by atoms with Gasteiger partial charge in [0.1, 0.15) is 5.75 Å². The molecule has 2 unspecified atom stereocenters. The zero-order valence-electron chi connectivity index (χ0n) is 12.3. The first-order chi connectivity index (χ1) is 9.61.